The lowest BCUT2D eigenvalue weighted by Crippen LogP contribution is -2.32. The van der Waals surface area contributed by atoms with Crippen LogP contribution in [0, 0.1) is 0 Å². The van der Waals surface area contributed by atoms with E-state index in [0.29, 0.717) is 6.54 Å². The normalized spacial score (nSPS) is 20.1. The van der Waals surface area contributed by atoms with Crippen LogP contribution < -0.4 is 0 Å². The molecule has 2 rings (SSSR count). The summed E-state index contributed by atoms with van der Waals surface area (Å²) in [6, 6.07) is 0. The van der Waals surface area contributed by atoms with E-state index in [1.54, 1.807) is 12.5 Å². The molecule has 4 nitrogen and oxygen atoms in total. The zero-order valence-electron chi connectivity index (χ0n) is 8.34. The van der Waals surface area contributed by atoms with Gasteiger partial charge in [-0.3, -0.25) is 0 Å². The molecular formula is C10H17N3O. The van der Waals surface area contributed by atoms with E-state index in [0.717, 1.165) is 19.6 Å². The molecule has 0 aliphatic carbocycles. The maximum atomic E-state index is 9.79. The van der Waals surface area contributed by atoms with Gasteiger partial charge < -0.3 is 14.6 Å². The van der Waals surface area contributed by atoms with E-state index in [2.05, 4.69) is 9.88 Å². The van der Waals surface area contributed by atoms with E-state index in [1.165, 1.54) is 12.8 Å². The molecule has 0 aromatic carbocycles. The number of aliphatic hydroxyl groups excluding tert-OH is 1. The summed E-state index contributed by atoms with van der Waals surface area (Å²) in [4.78, 5) is 6.27. The van der Waals surface area contributed by atoms with Crippen LogP contribution >= 0.6 is 0 Å². The first-order valence-electron chi connectivity index (χ1n) is 5.21. The largest absolute Gasteiger partial charge is 0.390 e. The predicted molar refractivity (Wildman–Crippen MR) is 53.9 cm³/mol. The maximum absolute atomic E-state index is 9.79. The van der Waals surface area contributed by atoms with Crippen molar-refractivity contribution in [3.63, 3.8) is 0 Å². The fraction of sp³-hybridized carbons (Fsp3) is 0.700. The second-order valence-electron chi connectivity index (χ2n) is 3.92. The molecular weight excluding hydrogens is 178 g/mol. The Morgan fingerprint density at radius 1 is 1.29 bits per heavy atom. The van der Waals surface area contributed by atoms with E-state index in [-0.39, 0.29) is 6.10 Å². The predicted octanol–water partition coefficient (Wildman–Crippen LogP) is 0.340. The topological polar surface area (TPSA) is 41.3 Å². The zero-order chi connectivity index (χ0) is 9.80. The maximum Gasteiger partial charge on any atom is 0.0946 e. The summed E-state index contributed by atoms with van der Waals surface area (Å²) < 4.78 is 1.92. The number of rotatable bonds is 4. The Labute approximate surface area is 84.2 Å². The fourth-order valence-corrected chi connectivity index (χ4v) is 1.96. The van der Waals surface area contributed by atoms with Crippen LogP contribution in [0.1, 0.15) is 12.8 Å². The van der Waals surface area contributed by atoms with Crippen molar-refractivity contribution in [2.75, 3.05) is 19.6 Å². The van der Waals surface area contributed by atoms with Crippen LogP contribution in [0.25, 0.3) is 0 Å². The van der Waals surface area contributed by atoms with Crippen molar-refractivity contribution >= 4 is 0 Å². The minimum Gasteiger partial charge on any atom is -0.390 e. The Kier molecular flexibility index (Phi) is 3.16. The molecule has 2 heterocycles. The lowest BCUT2D eigenvalue weighted by molar-refractivity contribution is 0.109. The Hall–Kier alpha value is -0.870. The number of nitrogens with zero attached hydrogens (tertiary/aromatic N) is 3. The Bertz CT molecular complexity index is 254. The van der Waals surface area contributed by atoms with Crippen molar-refractivity contribution in [3.05, 3.63) is 18.7 Å². The smallest absolute Gasteiger partial charge is 0.0946 e. The first-order valence-corrected chi connectivity index (χ1v) is 5.21. The first kappa shape index (κ1) is 9.68. The molecule has 1 atom stereocenters. The standard InChI is InChI=1S/C10H17N3O/c14-10(7-12-4-1-2-5-12)8-13-6-3-11-9-13/h3,6,9-10,14H,1-2,4-5,7-8H2. The number of aromatic nitrogens is 2. The highest BCUT2D eigenvalue weighted by Crippen LogP contribution is 2.08. The molecule has 1 aliphatic heterocycles. The van der Waals surface area contributed by atoms with Gasteiger partial charge in [0.25, 0.3) is 0 Å². The van der Waals surface area contributed by atoms with Crippen LogP contribution in [-0.2, 0) is 6.54 Å². The zero-order valence-corrected chi connectivity index (χ0v) is 8.34. The van der Waals surface area contributed by atoms with Crippen LogP contribution in [-0.4, -0.2) is 45.3 Å². The molecule has 4 heteroatoms. The van der Waals surface area contributed by atoms with Gasteiger partial charge in [0, 0.05) is 18.9 Å². The third-order valence-corrected chi connectivity index (χ3v) is 2.65. The molecule has 1 N–H and O–H groups in total. The molecule has 0 bridgehead atoms. The summed E-state index contributed by atoms with van der Waals surface area (Å²) in [6.07, 6.45) is 7.64. The van der Waals surface area contributed by atoms with E-state index < -0.39 is 0 Å². The van der Waals surface area contributed by atoms with Crippen LogP contribution in [0.15, 0.2) is 18.7 Å². The highest BCUT2D eigenvalue weighted by Gasteiger charge is 2.15. The molecule has 14 heavy (non-hydrogen) atoms. The quantitative estimate of drug-likeness (QED) is 0.753. The molecule has 78 valence electrons. The third kappa shape index (κ3) is 2.56. The average molecular weight is 195 g/mol. The summed E-state index contributed by atoms with van der Waals surface area (Å²) in [7, 11) is 0. The molecule has 0 saturated carbocycles. The van der Waals surface area contributed by atoms with Crippen molar-refractivity contribution in [2.24, 2.45) is 0 Å². The number of likely N-dealkylation sites (tertiary alicyclic amines) is 1. The van der Waals surface area contributed by atoms with Crippen LogP contribution in [0.4, 0.5) is 0 Å². The van der Waals surface area contributed by atoms with Crippen molar-refractivity contribution in [1.29, 1.82) is 0 Å². The van der Waals surface area contributed by atoms with Crippen molar-refractivity contribution < 1.29 is 5.11 Å². The molecule has 1 saturated heterocycles. The molecule has 1 aromatic heterocycles. The Morgan fingerprint density at radius 2 is 2.07 bits per heavy atom. The summed E-state index contributed by atoms with van der Waals surface area (Å²) in [6.45, 7) is 3.72. The molecule has 1 aromatic rings. The van der Waals surface area contributed by atoms with Gasteiger partial charge in [0.15, 0.2) is 0 Å². The van der Waals surface area contributed by atoms with E-state index in [1.807, 2.05) is 10.8 Å². The molecule has 0 radical (unpaired) electrons. The van der Waals surface area contributed by atoms with Gasteiger partial charge in [-0.15, -0.1) is 0 Å². The van der Waals surface area contributed by atoms with Crippen LogP contribution in [0.5, 0.6) is 0 Å². The van der Waals surface area contributed by atoms with Gasteiger partial charge in [-0.05, 0) is 25.9 Å². The summed E-state index contributed by atoms with van der Waals surface area (Å²) in [5.74, 6) is 0. The Balaban J connectivity index is 1.75. The molecule has 0 spiro atoms. The molecule has 0 amide bonds. The Morgan fingerprint density at radius 3 is 2.71 bits per heavy atom. The number of hydrogen-bond acceptors (Lipinski definition) is 3. The van der Waals surface area contributed by atoms with Gasteiger partial charge >= 0.3 is 0 Å². The van der Waals surface area contributed by atoms with Crippen molar-refractivity contribution in [3.8, 4) is 0 Å². The van der Waals surface area contributed by atoms with Gasteiger partial charge in [0.2, 0.25) is 0 Å². The highest BCUT2D eigenvalue weighted by molar-refractivity contribution is 4.77. The molecule has 1 unspecified atom stereocenters. The minimum absolute atomic E-state index is 0.276. The fourth-order valence-electron chi connectivity index (χ4n) is 1.96. The monoisotopic (exact) mass is 195 g/mol. The van der Waals surface area contributed by atoms with Crippen molar-refractivity contribution in [2.45, 2.75) is 25.5 Å². The van der Waals surface area contributed by atoms with Gasteiger partial charge in [-0.1, -0.05) is 0 Å². The lowest BCUT2D eigenvalue weighted by atomic mass is 10.3. The second-order valence-corrected chi connectivity index (χ2v) is 3.92. The van der Waals surface area contributed by atoms with Gasteiger partial charge in [-0.2, -0.15) is 0 Å². The molecule has 1 aliphatic rings. The molecule has 1 fully saturated rings. The minimum atomic E-state index is -0.276. The lowest BCUT2D eigenvalue weighted by Gasteiger charge is -2.19. The van der Waals surface area contributed by atoms with Gasteiger partial charge in [0.05, 0.1) is 19.0 Å². The summed E-state index contributed by atoms with van der Waals surface area (Å²) in [5, 5.41) is 9.79. The number of imidazole rings is 1. The van der Waals surface area contributed by atoms with Crippen LogP contribution in [0.2, 0.25) is 0 Å². The van der Waals surface area contributed by atoms with E-state index in [4.69, 9.17) is 0 Å². The average Bonchev–Trinajstić information content (AvgIpc) is 2.76. The van der Waals surface area contributed by atoms with Gasteiger partial charge in [0.1, 0.15) is 0 Å². The van der Waals surface area contributed by atoms with E-state index in [9.17, 15) is 5.11 Å². The SMILES string of the molecule is OC(CN1CCCC1)Cn1ccnc1. The second kappa shape index (κ2) is 4.57. The number of hydrogen-bond donors (Lipinski definition) is 1. The van der Waals surface area contributed by atoms with Crippen molar-refractivity contribution in [1.82, 2.24) is 14.5 Å². The highest BCUT2D eigenvalue weighted by atomic mass is 16.3. The first-order chi connectivity index (χ1) is 6.84. The summed E-state index contributed by atoms with van der Waals surface area (Å²) >= 11 is 0. The van der Waals surface area contributed by atoms with Crippen LogP contribution in [0.3, 0.4) is 0 Å². The van der Waals surface area contributed by atoms with E-state index >= 15 is 0 Å². The summed E-state index contributed by atoms with van der Waals surface area (Å²) in [5.41, 5.74) is 0. The third-order valence-electron chi connectivity index (χ3n) is 2.65. The van der Waals surface area contributed by atoms with Gasteiger partial charge in [-0.25, -0.2) is 4.98 Å². The number of aliphatic hydroxyl groups is 1. The number of β-amino-alcohol motifs (C(OH)–C–C–N with tert-alkyl or cyclic N) is 1.